The van der Waals surface area contributed by atoms with Crippen LogP contribution in [0.1, 0.15) is 13.8 Å². The van der Waals surface area contributed by atoms with E-state index in [9.17, 15) is 13.6 Å². The van der Waals surface area contributed by atoms with Crippen LogP contribution in [0, 0.1) is 11.6 Å². The number of nitrogens with one attached hydrogen (secondary N) is 1. The molecule has 128 heavy (non-hydrogen) atoms. The summed E-state index contributed by atoms with van der Waals surface area (Å²) in [4.78, 5) is 39.7. The third kappa shape index (κ3) is 21.4. The molecular weight excluding hydrogens is 1710 g/mol. The van der Waals surface area contributed by atoms with Gasteiger partial charge in [-0.3, -0.25) is 29.7 Å². The maximum absolute atomic E-state index is 14.0. The van der Waals surface area contributed by atoms with Crippen molar-refractivity contribution in [3.05, 3.63) is 378 Å². The van der Waals surface area contributed by atoms with E-state index in [1.54, 1.807) is 79.5 Å². The number of amides is 1. The van der Waals surface area contributed by atoms with Crippen molar-refractivity contribution >= 4 is 58.0 Å². The third-order valence-corrected chi connectivity index (χ3v) is 19.9. The first-order valence-electron chi connectivity index (χ1n) is 39.2. The Morgan fingerprint density at radius 1 is 0.328 bits per heavy atom. The quantitative estimate of drug-likeness (QED) is 0.0834. The van der Waals surface area contributed by atoms with E-state index >= 15 is 0 Å². The predicted molar refractivity (Wildman–Crippen MR) is 485 cm³/mol. The lowest BCUT2D eigenvalue weighted by Crippen LogP contribution is -2.05. The molecule has 10 heterocycles. The molecule has 0 unspecified atom stereocenters. The number of pyridine rings is 5. The number of nitrogens with zero attached hydrogens (tertiary/aromatic N) is 25. The molecule has 626 valence electrons. The van der Waals surface area contributed by atoms with Gasteiger partial charge in [0, 0.05) is 76.4 Å². The van der Waals surface area contributed by atoms with Gasteiger partial charge in [-0.1, -0.05) is 180 Å². The molecule has 0 saturated carbocycles. The van der Waals surface area contributed by atoms with Crippen molar-refractivity contribution in [3.8, 4) is 147 Å². The topological polar surface area (TPSA) is 321 Å². The molecule has 0 bridgehead atoms. The predicted octanol–water partition coefficient (Wildman–Crippen LogP) is 20.2. The number of ether oxygens (including phenoxy) is 1. The van der Waals surface area contributed by atoms with Crippen LogP contribution in [0.5, 0.6) is 5.75 Å². The van der Waals surface area contributed by atoms with Crippen LogP contribution in [0.15, 0.2) is 346 Å². The number of aromatic nitrogens is 25. The van der Waals surface area contributed by atoms with Crippen molar-refractivity contribution in [1.29, 1.82) is 0 Å². The summed E-state index contributed by atoms with van der Waals surface area (Å²) >= 11 is 24.6. The second kappa shape index (κ2) is 40.7. The van der Waals surface area contributed by atoms with Gasteiger partial charge in [-0.15, -0.1) is 75.0 Å². The van der Waals surface area contributed by atoms with Gasteiger partial charge in [-0.2, -0.15) is 0 Å². The second-order valence-electron chi connectivity index (χ2n) is 27.4. The SMILES string of the molecule is CC(=O)Nc1cccc(-c2cccc(-n3nnc(-c4ccccn4)n3)c2)c1.CCOc1ccccc1-c1cccc(-n2nnc(-c3ccccn3)n2)c1.Clc1cc(Cl)cc(-c2cccc(-n3nnc(-c4ccccn4)n3)c2)c1.Clc1cccc(-c2cccc(-n3nnc(-c4ccccn4)n3)c2)c1Cl.Fc1ccc(-c2cccc(-n3nnc(-c4ccccn4)n3)c2)c(F)c1. The highest BCUT2D eigenvalue weighted by molar-refractivity contribution is 6.43. The van der Waals surface area contributed by atoms with Gasteiger partial charge in [0.1, 0.15) is 45.9 Å². The Kier molecular flexibility index (Phi) is 27.1. The molecule has 10 aromatic carbocycles. The Balaban J connectivity index is 0.000000118. The number of halogens is 6. The van der Waals surface area contributed by atoms with Crippen molar-refractivity contribution in [2.24, 2.45) is 0 Å². The molecule has 0 fully saturated rings. The number of hydrogen-bond acceptors (Lipinski definition) is 22. The highest BCUT2D eigenvalue weighted by atomic mass is 35.5. The average Bonchev–Trinajstić information content (AvgIpc) is 1.44. The maximum Gasteiger partial charge on any atom is 0.223 e. The molecule has 0 aliphatic heterocycles. The average molecular weight is 1770 g/mol. The van der Waals surface area contributed by atoms with Crippen LogP contribution in [-0.4, -0.2) is 138 Å². The van der Waals surface area contributed by atoms with Crippen LogP contribution in [0.2, 0.25) is 20.1 Å². The molecule has 1 N–H and O–H groups in total. The molecule has 34 heteroatoms. The Bertz CT molecular complexity index is 7160. The fourth-order valence-electron chi connectivity index (χ4n) is 12.8. The van der Waals surface area contributed by atoms with E-state index in [0.717, 1.165) is 84.8 Å². The zero-order chi connectivity index (χ0) is 88.1. The molecule has 0 aliphatic carbocycles. The number of hydrogen-bond donors (Lipinski definition) is 1. The monoisotopic (exact) mass is 1770 g/mol. The van der Waals surface area contributed by atoms with Crippen LogP contribution in [-0.2, 0) is 4.79 Å². The standard InChI is InChI=1S/C20H16N6O.C20H17N5O.2C18H11Cl2N5.C18H11F2N5/c1-14(27)22-17-8-4-6-15(12-17)16-7-5-9-18(13-16)26-24-20(23-25-26)19-10-2-3-11-21-19;1-2-26-19-12-4-3-10-17(19)15-8-7-9-16(14-15)25-23-20(22-24-25)18-11-5-6-13-21-18;19-15-8-4-7-14(17(15)20)12-5-3-6-13(11-12)25-23-18(22-24-25)16-9-1-2-10-21-16;19-14-8-13(9-15(20)11-14)12-4-3-5-16(10-12)25-23-18(22-24-25)17-6-1-2-7-21-17;19-13-7-8-15(16(20)11-13)12-4-3-5-14(10-12)25-23-18(22-24-25)17-6-1-2-9-21-17/h2-13H,1H3,(H,22,27);3-14H,2H2,1H3;3*1-11H. The van der Waals surface area contributed by atoms with Gasteiger partial charge >= 0.3 is 0 Å². The molecule has 0 saturated heterocycles. The first-order chi connectivity index (χ1) is 62.6. The van der Waals surface area contributed by atoms with E-state index in [0.29, 0.717) is 101 Å². The summed E-state index contributed by atoms with van der Waals surface area (Å²) in [6.45, 7) is 4.09. The molecule has 10 aromatic heterocycles. The van der Waals surface area contributed by atoms with Gasteiger partial charge < -0.3 is 10.1 Å². The minimum absolute atomic E-state index is 0.102. The second-order valence-corrected chi connectivity index (χ2v) is 29.1. The number of carbonyl (C=O) groups excluding carboxylic acids is 1. The zero-order valence-electron chi connectivity index (χ0n) is 67.4. The Labute approximate surface area is 748 Å². The smallest absolute Gasteiger partial charge is 0.223 e. The zero-order valence-corrected chi connectivity index (χ0v) is 70.4. The third-order valence-electron chi connectivity index (χ3n) is 18.6. The summed E-state index contributed by atoms with van der Waals surface area (Å²) in [6.07, 6.45) is 8.44. The van der Waals surface area contributed by atoms with E-state index in [2.05, 4.69) is 107 Å². The van der Waals surface area contributed by atoms with E-state index in [-0.39, 0.29) is 5.91 Å². The van der Waals surface area contributed by atoms with Gasteiger partial charge in [0.15, 0.2) is 0 Å². The largest absolute Gasteiger partial charge is 0.493 e. The van der Waals surface area contributed by atoms with Crippen molar-refractivity contribution in [2.75, 3.05) is 11.9 Å². The van der Waals surface area contributed by atoms with E-state index in [4.69, 9.17) is 51.1 Å². The van der Waals surface area contributed by atoms with Crippen LogP contribution in [0.4, 0.5) is 14.5 Å². The highest BCUT2D eigenvalue weighted by Gasteiger charge is 2.18. The molecule has 20 rings (SSSR count). The number of benzene rings is 10. The van der Waals surface area contributed by atoms with Gasteiger partial charge in [-0.25, -0.2) is 8.78 Å². The number of para-hydroxylation sites is 1. The van der Waals surface area contributed by atoms with Crippen LogP contribution in [0.3, 0.4) is 0 Å². The number of rotatable bonds is 18. The lowest BCUT2D eigenvalue weighted by Gasteiger charge is -2.10. The molecule has 28 nitrogen and oxygen atoms in total. The summed E-state index contributed by atoms with van der Waals surface area (Å²) in [5.41, 5.74) is 16.4. The maximum atomic E-state index is 14.0. The van der Waals surface area contributed by atoms with Gasteiger partial charge in [-0.05, 0) is 248 Å². The fourth-order valence-corrected chi connectivity index (χ4v) is 13.7. The van der Waals surface area contributed by atoms with Crippen LogP contribution >= 0.6 is 46.4 Å². The highest BCUT2D eigenvalue weighted by Crippen LogP contribution is 2.36. The van der Waals surface area contributed by atoms with E-state index < -0.39 is 11.6 Å². The molecule has 0 spiro atoms. The molecule has 20 aromatic rings. The van der Waals surface area contributed by atoms with Crippen molar-refractivity contribution in [2.45, 2.75) is 13.8 Å². The van der Waals surface area contributed by atoms with Crippen molar-refractivity contribution in [1.82, 2.24) is 126 Å². The first-order valence-corrected chi connectivity index (χ1v) is 40.7. The number of anilines is 1. The summed E-state index contributed by atoms with van der Waals surface area (Å²) in [6, 6.07) is 96.0. The number of tetrazole rings is 5. The van der Waals surface area contributed by atoms with Gasteiger partial charge in [0.05, 0.1) is 45.1 Å². The van der Waals surface area contributed by atoms with E-state index in [1.165, 1.54) is 43.0 Å². The van der Waals surface area contributed by atoms with Crippen LogP contribution < -0.4 is 10.1 Å². The van der Waals surface area contributed by atoms with Crippen molar-refractivity contribution in [3.63, 3.8) is 0 Å². The summed E-state index contributed by atoms with van der Waals surface area (Å²) < 4.78 is 32.8. The Morgan fingerprint density at radius 3 is 1.05 bits per heavy atom. The first kappa shape index (κ1) is 85.2. The Hall–Kier alpha value is -16.4. The fraction of sp³-hybridized carbons (Fsp3) is 0.0319. The Morgan fingerprint density at radius 2 is 0.664 bits per heavy atom. The minimum Gasteiger partial charge on any atom is -0.493 e. The lowest BCUT2D eigenvalue weighted by atomic mass is 10.0. The normalized spacial score (nSPS) is 10.7. The summed E-state index contributed by atoms with van der Waals surface area (Å²) in [7, 11) is 0. The summed E-state index contributed by atoms with van der Waals surface area (Å²) in [5.74, 6) is 1.79. The molecular formula is C94H66Cl4F2N26O2. The number of carbonyl (C=O) groups is 1. The summed E-state index contributed by atoms with van der Waals surface area (Å²) in [5, 5.41) is 67.8. The van der Waals surface area contributed by atoms with Gasteiger partial charge in [0.25, 0.3) is 0 Å². The molecule has 0 aliphatic rings. The van der Waals surface area contributed by atoms with Crippen molar-refractivity contribution < 1.29 is 18.3 Å². The van der Waals surface area contributed by atoms with Crippen LogP contribution in [0.25, 0.3) is 142 Å². The molecule has 0 radical (unpaired) electrons. The molecule has 1 amide bonds. The van der Waals surface area contributed by atoms with E-state index in [1.807, 2.05) is 256 Å². The van der Waals surface area contributed by atoms with Gasteiger partial charge in [0.2, 0.25) is 35.0 Å². The lowest BCUT2D eigenvalue weighted by molar-refractivity contribution is -0.114. The minimum atomic E-state index is -0.627. The molecule has 0 atom stereocenters.